The number of rotatable bonds is 4. The van der Waals surface area contributed by atoms with Gasteiger partial charge in [0, 0.05) is 36.9 Å². The monoisotopic (exact) mass is 352 g/mol. The normalized spacial score (nSPS) is 10.5. The third-order valence-electron chi connectivity index (χ3n) is 3.06. The van der Waals surface area contributed by atoms with Crippen LogP contribution in [0.2, 0.25) is 0 Å². The van der Waals surface area contributed by atoms with Gasteiger partial charge in [0.1, 0.15) is 5.75 Å². The largest absolute Gasteiger partial charge is 0.496 e. The van der Waals surface area contributed by atoms with Gasteiger partial charge in [-0.25, -0.2) is 0 Å². The Labute approximate surface area is 131 Å². The number of methoxy groups -OCH3 is 1. The molecule has 1 heterocycles. The van der Waals surface area contributed by atoms with E-state index >= 15 is 0 Å². The molecule has 2 N–H and O–H groups in total. The molecule has 0 fully saturated rings. The van der Waals surface area contributed by atoms with Gasteiger partial charge in [-0.1, -0.05) is 15.9 Å². The van der Waals surface area contributed by atoms with Crippen molar-refractivity contribution in [3.63, 3.8) is 0 Å². The molecule has 0 aliphatic rings. The average Bonchev–Trinajstić information content (AvgIpc) is 2.77. The fraction of sp³-hybridized carbons (Fsp3) is 0.286. The summed E-state index contributed by atoms with van der Waals surface area (Å²) >= 11 is 3.42. The number of ether oxygens (including phenoxy) is 1. The molecule has 6 nitrogen and oxygen atoms in total. The summed E-state index contributed by atoms with van der Waals surface area (Å²) in [6.45, 7) is 0.400. The summed E-state index contributed by atoms with van der Waals surface area (Å²) in [5.74, 6) is 0.502. The topological polar surface area (TPSA) is 73.4 Å². The minimum atomic E-state index is -0.227. The van der Waals surface area contributed by atoms with E-state index in [1.54, 1.807) is 32.3 Å². The van der Waals surface area contributed by atoms with Gasteiger partial charge >= 0.3 is 0 Å². The lowest BCUT2D eigenvalue weighted by Gasteiger charge is -2.18. The minimum absolute atomic E-state index is 0.227. The van der Waals surface area contributed by atoms with Gasteiger partial charge in [0.2, 0.25) is 0 Å². The number of aryl methyl sites for hydroxylation is 1. The number of hydrogen-bond acceptors (Lipinski definition) is 4. The van der Waals surface area contributed by atoms with E-state index in [9.17, 15) is 4.79 Å². The Kier molecular flexibility index (Phi) is 4.52. The van der Waals surface area contributed by atoms with Gasteiger partial charge in [-0.15, -0.1) is 0 Å². The number of aromatic nitrogens is 2. The van der Waals surface area contributed by atoms with Crippen molar-refractivity contribution in [3.05, 3.63) is 40.1 Å². The lowest BCUT2D eigenvalue weighted by molar-refractivity contribution is 0.0778. The third kappa shape index (κ3) is 3.36. The second kappa shape index (κ2) is 6.17. The zero-order valence-electron chi connectivity index (χ0n) is 12.1. The van der Waals surface area contributed by atoms with Gasteiger partial charge < -0.3 is 15.4 Å². The number of hydrogen-bond donors (Lipinski definition) is 1. The van der Waals surface area contributed by atoms with Crippen LogP contribution in [-0.4, -0.2) is 34.7 Å². The molecule has 0 saturated heterocycles. The first-order valence-corrected chi connectivity index (χ1v) is 7.08. The lowest BCUT2D eigenvalue weighted by Crippen LogP contribution is -2.27. The SMILES string of the molecule is COc1ccc(Br)cc1CN(C)C(=O)c1nn(C)cc1N. The highest BCUT2D eigenvalue weighted by Crippen LogP contribution is 2.24. The van der Waals surface area contributed by atoms with Crippen LogP contribution in [0.25, 0.3) is 0 Å². The zero-order chi connectivity index (χ0) is 15.6. The van der Waals surface area contributed by atoms with Crippen LogP contribution in [0.1, 0.15) is 16.1 Å². The molecule has 0 saturated carbocycles. The first-order valence-electron chi connectivity index (χ1n) is 6.29. The number of anilines is 1. The molecular weight excluding hydrogens is 336 g/mol. The third-order valence-corrected chi connectivity index (χ3v) is 3.55. The highest BCUT2D eigenvalue weighted by Gasteiger charge is 2.19. The van der Waals surface area contributed by atoms with Crippen molar-refractivity contribution < 1.29 is 9.53 Å². The molecule has 1 aromatic heterocycles. The smallest absolute Gasteiger partial charge is 0.276 e. The Morgan fingerprint density at radius 2 is 2.24 bits per heavy atom. The summed E-state index contributed by atoms with van der Waals surface area (Å²) in [5.41, 5.74) is 7.32. The Bertz CT molecular complexity index is 669. The standard InChI is InChI=1S/C14H17BrN4O2/c1-18(14(20)13-11(16)8-19(2)17-13)7-9-6-10(15)4-5-12(9)21-3/h4-6,8H,7,16H2,1-3H3. The Hall–Kier alpha value is -2.02. The van der Waals surface area contributed by atoms with E-state index in [0.29, 0.717) is 12.2 Å². The molecule has 0 radical (unpaired) electrons. The molecule has 1 aromatic carbocycles. The minimum Gasteiger partial charge on any atom is -0.496 e. The molecule has 21 heavy (non-hydrogen) atoms. The highest BCUT2D eigenvalue weighted by molar-refractivity contribution is 9.10. The van der Waals surface area contributed by atoms with Crippen LogP contribution >= 0.6 is 15.9 Å². The first-order chi connectivity index (χ1) is 9.92. The van der Waals surface area contributed by atoms with Crippen molar-refractivity contribution in [1.29, 1.82) is 0 Å². The van der Waals surface area contributed by atoms with Gasteiger partial charge in [0.05, 0.1) is 12.8 Å². The van der Waals surface area contributed by atoms with Crippen LogP contribution in [0, 0.1) is 0 Å². The average molecular weight is 353 g/mol. The van der Waals surface area contributed by atoms with E-state index in [2.05, 4.69) is 21.0 Å². The molecule has 0 spiro atoms. The van der Waals surface area contributed by atoms with Crippen molar-refractivity contribution in [1.82, 2.24) is 14.7 Å². The predicted molar refractivity (Wildman–Crippen MR) is 84.1 cm³/mol. The summed E-state index contributed by atoms with van der Waals surface area (Å²) in [5, 5.41) is 4.09. The number of benzene rings is 1. The van der Waals surface area contributed by atoms with Gasteiger partial charge in [0.25, 0.3) is 5.91 Å². The Morgan fingerprint density at radius 3 is 2.81 bits per heavy atom. The van der Waals surface area contributed by atoms with Gasteiger partial charge in [0.15, 0.2) is 5.69 Å². The van der Waals surface area contributed by atoms with Gasteiger partial charge in [-0.3, -0.25) is 9.48 Å². The van der Waals surface area contributed by atoms with Crippen molar-refractivity contribution in [2.45, 2.75) is 6.54 Å². The van der Waals surface area contributed by atoms with Crippen LogP contribution in [-0.2, 0) is 13.6 Å². The van der Waals surface area contributed by atoms with Crippen molar-refractivity contribution >= 4 is 27.5 Å². The number of amides is 1. The molecular formula is C14H17BrN4O2. The maximum Gasteiger partial charge on any atom is 0.276 e. The number of carbonyl (C=O) groups excluding carboxylic acids is 1. The highest BCUT2D eigenvalue weighted by atomic mass is 79.9. The van der Waals surface area contributed by atoms with E-state index in [4.69, 9.17) is 10.5 Å². The maximum absolute atomic E-state index is 12.4. The molecule has 0 atom stereocenters. The van der Waals surface area contributed by atoms with Crippen LogP contribution in [0.3, 0.4) is 0 Å². The maximum atomic E-state index is 12.4. The molecule has 0 bridgehead atoms. The van der Waals surface area contributed by atoms with Gasteiger partial charge in [-0.2, -0.15) is 5.10 Å². The summed E-state index contributed by atoms with van der Waals surface area (Å²) in [4.78, 5) is 13.9. The fourth-order valence-corrected chi connectivity index (χ4v) is 2.46. The predicted octanol–water partition coefficient (Wildman–Crippen LogP) is 2.05. The van der Waals surface area contributed by atoms with Crippen LogP contribution < -0.4 is 10.5 Å². The van der Waals surface area contributed by atoms with Crippen molar-refractivity contribution in [2.75, 3.05) is 19.9 Å². The van der Waals surface area contributed by atoms with Gasteiger partial charge in [-0.05, 0) is 18.2 Å². The lowest BCUT2D eigenvalue weighted by atomic mass is 10.2. The number of nitrogens with two attached hydrogens (primary N) is 1. The summed E-state index contributed by atoms with van der Waals surface area (Å²) in [6, 6.07) is 5.66. The molecule has 0 aliphatic heterocycles. The number of carbonyl (C=O) groups is 1. The zero-order valence-corrected chi connectivity index (χ0v) is 13.7. The molecule has 2 rings (SSSR count). The summed E-state index contributed by atoms with van der Waals surface area (Å²) < 4.78 is 7.76. The van der Waals surface area contributed by atoms with E-state index < -0.39 is 0 Å². The van der Waals surface area contributed by atoms with Crippen molar-refractivity contribution in [3.8, 4) is 5.75 Å². The second-order valence-electron chi connectivity index (χ2n) is 4.72. The molecule has 0 unspecified atom stereocenters. The number of halogens is 1. The van der Waals surface area contributed by atoms with Crippen LogP contribution in [0.4, 0.5) is 5.69 Å². The first kappa shape index (κ1) is 15.4. The van der Waals surface area contributed by atoms with E-state index in [1.807, 2.05) is 18.2 Å². The van der Waals surface area contributed by atoms with E-state index in [0.717, 1.165) is 15.8 Å². The molecule has 112 valence electrons. The quantitative estimate of drug-likeness (QED) is 0.913. The fourth-order valence-electron chi connectivity index (χ4n) is 2.05. The van der Waals surface area contributed by atoms with E-state index in [-0.39, 0.29) is 11.6 Å². The van der Waals surface area contributed by atoms with Crippen molar-refractivity contribution in [2.24, 2.45) is 7.05 Å². The van der Waals surface area contributed by atoms with Crippen LogP contribution in [0.15, 0.2) is 28.9 Å². The number of nitrogens with zero attached hydrogens (tertiary/aromatic N) is 3. The Balaban J connectivity index is 2.21. The van der Waals surface area contributed by atoms with Crippen LogP contribution in [0.5, 0.6) is 5.75 Å². The molecule has 1 amide bonds. The molecule has 2 aromatic rings. The second-order valence-corrected chi connectivity index (χ2v) is 5.64. The number of nitrogen functional groups attached to an aromatic ring is 1. The summed E-state index contributed by atoms with van der Waals surface area (Å²) in [6.07, 6.45) is 1.61. The van der Waals surface area contributed by atoms with E-state index in [1.165, 1.54) is 4.68 Å². The molecule has 0 aliphatic carbocycles. The molecule has 7 heteroatoms. The summed E-state index contributed by atoms with van der Waals surface area (Å²) in [7, 11) is 5.03. The Morgan fingerprint density at radius 1 is 1.52 bits per heavy atom.